The number of aliphatic carboxylic acids is 2. The minimum Gasteiger partial charge on any atom is -0.481 e. The Morgan fingerprint density at radius 2 is 1.52 bits per heavy atom. The summed E-state index contributed by atoms with van der Waals surface area (Å²) in [6.07, 6.45) is 4.32. The molecule has 4 aliphatic rings. The molecule has 3 aromatic heterocycles. The number of anilines is 1. The van der Waals surface area contributed by atoms with E-state index in [1.165, 1.54) is 0 Å². The molecular formula is C46H48N6O6. The van der Waals surface area contributed by atoms with E-state index in [9.17, 15) is 29.4 Å². The highest BCUT2D eigenvalue weighted by Gasteiger charge is 2.67. The maximum Gasteiger partial charge on any atom is 0.303 e. The van der Waals surface area contributed by atoms with E-state index in [0.717, 1.165) is 78.9 Å². The van der Waals surface area contributed by atoms with Gasteiger partial charge in [-0.15, -0.1) is 0 Å². The molecule has 1 amide bonds. The van der Waals surface area contributed by atoms with Crippen molar-refractivity contribution in [3.8, 4) is 0 Å². The number of allylic oxidation sites excluding steroid dienone is 2. The van der Waals surface area contributed by atoms with Gasteiger partial charge in [0.25, 0.3) is 0 Å². The van der Waals surface area contributed by atoms with E-state index in [0.29, 0.717) is 46.4 Å². The van der Waals surface area contributed by atoms with Crippen LogP contribution in [-0.4, -0.2) is 67.4 Å². The molecule has 8 bridgehead atoms. The van der Waals surface area contributed by atoms with E-state index >= 15 is 0 Å². The van der Waals surface area contributed by atoms with Gasteiger partial charge in [0.05, 0.1) is 39.6 Å². The zero-order chi connectivity index (χ0) is 41.6. The molecule has 6 N–H and O–H groups in total. The van der Waals surface area contributed by atoms with Crippen LogP contribution in [0.2, 0.25) is 0 Å². The molecule has 8 rings (SSSR count). The SMILES string of the molecule is CCC1=C(C)c2nc1cc1[nH]c(cc3[nH]c(cc4nc5c2C=C(C(N)=O)C2N(C)c6ccc(C=O)cc6C4(C)C52CC)c(C)c3CCC(=O)O)c(CCC(=O)O)c1C. The number of amides is 1. The number of nitrogens with zero attached hydrogens (tertiary/aromatic N) is 3. The summed E-state index contributed by atoms with van der Waals surface area (Å²) >= 11 is 0. The number of aldehydes is 1. The molecule has 4 aromatic rings. The molecule has 0 fully saturated rings. The number of aromatic amines is 2. The second kappa shape index (κ2) is 13.7. The molecule has 0 radical (unpaired) electrons. The molecule has 1 aliphatic carbocycles. The Kier molecular flexibility index (Phi) is 9.09. The third-order valence-corrected chi connectivity index (χ3v) is 13.6. The van der Waals surface area contributed by atoms with E-state index in [4.69, 9.17) is 15.7 Å². The minimum absolute atomic E-state index is 0.0712. The number of hydrogen-bond acceptors (Lipinski definition) is 7. The smallest absolute Gasteiger partial charge is 0.303 e. The number of primary amides is 1. The fourth-order valence-electron chi connectivity index (χ4n) is 10.6. The summed E-state index contributed by atoms with van der Waals surface area (Å²) in [5, 5.41) is 19.5. The van der Waals surface area contributed by atoms with Crippen LogP contribution in [0.1, 0.15) is 120 Å². The van der Waals surface area contributed by atoms with Gasteiger partial charge >= 0.3 is 11.9 Å². The average molecular weight is 781 g/mol. The van der Waals surface area contributed by atoms with E-state index in [2.05, 4.69) is 35.6 Å². The van der Waals surface area contributed by atoms with Crippen molar-refractivity contribution in [2.75, 3.05) is 11.9 Å². The third-order valence-electron chi connectivity index (χ3n) is 13.6. The van der Waals surface area contributed by atoms with Crippen molar-refractivity contribution < 1.29 is 29.4 Å². The van der Waals surface area contributed by atoms with Crippen LogP contribution >= 0.6 is 0 Å². The Labute approximate surface area is 335 Å². The molecule has 0 saturated heterocycles. The predicted octanol–water partition coefficient (Wildman–Crippen LogP) is 7.47. The first kappa shape index (κ1) is 38.6. The summed E-state index contributed by atoms with van der Waals surface area (Å²) in [5.41, 5.74) is 19.3. The number of H-pyrrole nitrogens is 2. The Hall–Kier alpha value is -6.30. The first-order chi connectivity index (χ1) is 27.6. The summed E-state index contributed by atoms with van der Waals surface area (Å²) in [6, 6.07) is 11.1. The number of nitrogens with one attached hydrogen (secondary N) is 2. The minimum atomic E-state index is -0.924. The normalized spacial score (nSPS) is 20.5. The van der Waals surface area contributed by atoms with Gasteiger partial charge in [0.2, 0.25) is 5.91 Å². The lowest BCUT2D eigenvalue weighted by atomic mass is 9.49. The number of aromatic nitrogens is 4. The van der Waals surface area contributed by atoms with Gasteiger partial charge in [0.15, 0.2) is 0 Å². The maximum atomic E-state index is 13.8. The highest BCUT2D eigenvalue weighted by molar-refractivity contribution is 6.04. The van der Waals surface area contributed by atoms with Crippen LogP contribution in [0.4, 0.5) is 5.69 Å². The number of fused-ring (bicyclic) bond motifs is 11. The quantitative estimate of drug-likeness (QED) is 0.101. The molecule has 12 nitrogen and oxygen atoms in total. The molecule has 0 spiro atoms. The average Bonchev–Trinajstić information content (AvgIpc) is 3.85. The van der Waals surface area contributed by atoms with Gasteiger partial charge in [-0.2, -0.15) is 0 Å². The molecule has 58 heavy (non-hydrogen) atoms. The monoisotopic (exact) mass is 780 g/mol. The van der Waals surface area contributed by atoms with Gasteiger partial charge in [-0.05, 0) is 135 Å². The van der Waals surface area contributed by atoms with Crippen molar-refractivity contribution >= 4 is 69.1 Å². The van der Waals surface area contributed by atoms with Gasteiger partial charge in [0, 0.05) is 64.3 Å². The fraction of sp³-hybridized carbons (Fsp3) is 0.348. The van der Waals surface area contributed by atoms with Crippen molar-refractivity contribution in [1.82, 2.24) is 19.9 Å². The molecule has 3 aliphatic heterocycles. The van der Waals surface area contributed by atoms with Crippen LogP contribution in [0, 0.1) is 13.8 Å². The van der Waals surface area contributed by atoms with Gasteiger partial charge in [-0.3, -0.25) is 24.2 Å². The van der Waals surface area contributed by atoms with Crippen molar-refractivity contribution in [2.45, 2.75) is 96.9 Å². The van der Waals surface area contributed by atoms with Gasteiger partial charge in [-0.25, -0.2) is 4.98 Å². The number of aryl methyl sites for hydroxylation is 4. The van der Waals surface area contributed by atoms with E-state index in [1.807, 2.05) is 64.2 Å². The Morgan fingerprint density at radius 3 is 2.07 bits per heavy atom. The number of likely N-dealkylation sites (N-methyl/N-ethyl adjacent to an activating group) is 1. The summed E-state index contributed by atoms with van der Waals surface area (Å²) in [4.78, 5) is 70.3. The predicted molar refractivity (Wildman–Crippen MR) is 225 cm³/mol. The third kappa shape index (κ3) is 5.33. The van der Waals surface area contributed by atoms with Crippen LogP contribution in [-0.2, 0) is 38.1 Å². The second-order valence-electron chi connectivity index (χ2n) is 16.2. The van der Waals surface area contributed by atoms with Gasteiger partial charge < -0.3 is 30.8 Å². The van der Waals surface area contributed by atoms with Crippen molar-refractivity contribution in [2.24, 2.45) is 5.73 Å². The Balaban J connectivity index is 1.62. The molecule has 3 atom stereocenters. The molecular weight excluding hydrogens is 733 g/mol. The van der Waals surface area contributed by atoms with Gasteiger partial charge in [-0.1, -0.05) is 13.8 Å². The lowest BCUT2D eigenvalue weighted by Gasteiger charge is -2.58. The van der Waals surface area contributed by atoms with E-state index in [1.54, 1.807) is 6.07 Å². The number of carboxylic acid groups (broad SMARTS) is 2. The zero-order valence-corrected chi connectivity index (χ0v) is 33.9. The molecule has 298 valence electrons. The first-order valence-electron chi connectivity index (χ1n) is 19.9. The van der Waals surface area contributed by atoms with Crippen molar-refractivity contribution in [3.63, 3.8) is 0 Å². The molecule has 1 aromatic carbocycles. The largest absolute Gasteiger partial charge is 0.481 e. The summed E-state index contributed by atoms with van der Waals surface area (Å²) in [6.45, 7) is 12.3. The Morgan fingerprint density at radius 1 is 0.897 bits per heavy atom. The van der Waals surface area contributed by atoms with Crippen molar-refractivity contribution in [3.05, 3.63) is 104 Å². The number of nitrogens with two attached hydrogens (primary N) is 1. The van der Waals surface area contributed by atoms with E-state index in [-0.39, 0.29) is 25.7 Å². The van der Waals surface area contributed by atoms with Crippen LogP contribution in [0.25, 0.3) is 39.3 Å². The van der Waals surface area contributed by atoms with Crippen LogP contribution in [0.3, 0.4) is 0 Å². The number of carbonyl (C=O) groups is 4. The van der Waals surface area contributed by atoms with E-state index < -0.39 is 34.7 Å². The maximum absolute atomic E-state index is 13.8. The second-order valence-corrected chi connectivity index (χ2v) is 16.2. The fourth-order valence-corrected chi connectivity index (χ4v) is 10.6. The zero-order valence-electron chi connectivity index (χ0n) is 33.9. The number of benzene rings is 1. The summed E-state index contributed by atoms with van der Waals surface area (Å²) in [5.74, 6) is -2.38. The molecule has 6 heterocycles. The van der Waals surface area contributed by atoms with Crippen LogP contribution in [0.15, 0.2) is 42.0 Å². The van der Waals surface area contributed by atoms with Crippen LogP contribution < -0.4 is 10.6 Å². The Bertz CT molecular complexity index is 2750. The molecule has 0 saturated carbocycles. The highest BCUT2D eigenvalue weighted by atomic mass is 16.4. The van der Waals surface area contributed by atoms with Crippen LogP contribution in [0.5, 0.6) is 0 Å². The number of hydrogen-bond donors (Lipinski definition) is 5. The first-order valence-corrected chi connectivity index (χ1v) is 19.9. The highest BCUT2D eigenvalue weighted by Crippen LogP contribution is 2.64. The number of rotatable bonds is 10. The summed E-state index contributed by atoms with van der Waals surface area (Å²) < 4.78 is 0. The topological polar surface area (TPSA) is 195 Å². The van der Waals surface area contributed by atoms with Crippen molar-refractivity contribution in [1.29, 1.82) is 0 Å². The molecule has 12 heteroatoms. The molecule has 3 unspecified atom stereocenters. The van der Waals surface area contributed by atoms with Gasteiger partial charge in [0.1, 0.15) is 6.29 Å². The number of carboxylic acids is 2. The lowest BCUT2D eigenvalue weighted by Crippen LogP contribution is -2.64. The lowest BCUT2D eigenvalue weighted by molar-refractivity contribution is -0.138. The summed E-state index contributed by atoms with van der Waals surface area (Å²) in [7, 11) is 1.97. The standard InChI is InChI=1S/C46H48N6O6/c1-8-26-24(5)41-29-17-30(44(47)58)43-46(9-2)42(29)51-38(45(46,6)31-16-25(21-53)10-13-37(31)52(43)7)20-33-23(4)28(12-15-40(56)57)36(49-33)19-35-27(11-14-39(54)55)22(3)32(48-35)18-34(26)50-41/h10,13,16-21,43,48-49H,8-9,11-12,14-15H2,1-7H3,(H2,47,58)(H,54,55)(H,56,57). The number of carbonyl (C=O) groups excluding carboxylic acids is 2.